The van der Waals surface area contributed by atoms with Crippen LogP contribution in [0.1, 0.15) is 20.8 Å². The lowest BCUT2D eigenvalue weighted by Gasteiger charge is -2.17. The summed E-state index contributed by atoms with van der Waals surface area (Å²) in [5, 5.41) is 3.64. The van der Waals surface area contributed by atoms with Crippen molar-refractivity contribution < 1.29 is 4.79 Å². The number of carbonyl (C=O) groups excluding carboxylic acids is 1. The number of imidazole rings is 1. The van der Waals surface area contributed by atoms with Gasteiger partial charge >= 0.3 is 0 Å². The fraction of sp³-hybridized carbons (Fsp3) is 0.294. The number of amides is 1. The number of thioether (sulfide) groups is 1. The van der Waals surface area contributed by atoms with E-state index in [0.717, 1.165) is 22.5 Å². The minimum Gasteiger partial charge on any atom is -0.326 e. The second kappa shape index (κ2) is 6.24. The van der Waals surface area contributed by atoms with Crippen LogP contribution in [0.15, 0.2) is 41.9 Å². The molecule has 0 atom stereocenters. The van der Waals surface area contributed by atoms with E-state index in [0.29, 0.717) is 5.16 Å². The highest BCUT2D eigenvalue weighted by Gasteiger charge is 2.21. The van der Waals surface area contributed by atoms with E-state index in [4.69, 9.17) is 0 Å². The Bertz CT molecular complexity index is 897. The minimum atomic E-state index is -0.441. The maximum atomic E-state index is 12.1. The normalized spacial score (nSPS) is 11.7. The number of rotatable bonds is 3. The van der Waals surface area contributed by atoms with Gasteiger partial charge in [0.1, 0.15) is 12.1 Å². The molecule has 3 rings (SSSR count). The summed E-state index contributed by atoms with van der Waals surface area (Å²) in [5.41, 5.74) is 2.02. The van der Waals surface area contributed by atoms with Gasteiger partial charge in [0, 0.05) is 17.3 Å². The highest BCUT2D eigenvalue weighted by atomic mass is 32.2. The van der Waals surface area contributed by atoms with Crippen molar-refractivity contribution in [2.75, 3.05) is 11.6 Å². The second-order valence-corrected chi connectivity index (χ2v) is 7.20. The molecule has 2 heterocycles. The third-order valence-electron chi connectivity index (χ3n) is 3.53. The van der Waals surface area contributed by atoms with Gasteiger partial charge in [-0.25, -0.2) is 15.0 Å². The van der Waals surface area contributed by atoms with E-state index in [-0.39, 0.29) is 5.91 Å². The molecule has 7 heteroatoms. The van der Waals surface area contributed by atoms with Crippen LogP contribution in [0.2, 0.25) is 0 Å². The number of nitrogens with one attached hydrogen (secondary N) is 1. The van der Waals surface area contributed by atoms with E-state index in [1.165, 1.54) is 11.8 Å². The number of fused-ring (bicyclic) bond motifs is 1. The number of benzene rings is 1. The van der Waals surface area contributed by atoms with Gasteiger partial charge in [0.2, 0.25) is 5.91 Å². The molecule has 1 aromatic carbocycles. The Morgan fingerprint density at radius 2 is 2.00 bits per heavy atom. The van der Waals surface area contributed by atoms with Crippen molar-refractivity contribution in [1.82, 2.24) is 19.5 Å². The molecule has 0 saturated carbocycles. The largest absolute Gasteiger partial charge is 0.326 e. The van der Waals surface area contributed by atoms with Crippen LogP contribution in [0.3, 0.4) is 0 Å². The van der Waals surface area contributed by atoms with Gasteiger partial charge in [-0.3, -0.25) is 9.36 Å². The number of anilines is 1. The van der Waals surface area contributed by atoms with Crippen LogP contribution in [-0.2, 0) is 4.79 Å². The standard InChI is InChI=1S/C17H19N5OS/c1-17(2,3)15(23)20-11-5-6-13-12(9-11)19-10-22(13)14-7-8-18-16(21-14)24-4/h5-10H,1-4H3,(H,20,23). The first-order valence-corrected chi connectivity index (χ1v) is 8.77. The SMILES string of the molecule is CSc1nccc(-n2cnc3cc(NC(=O)C(C)(C)C)ccc32)n1. The molecule has 0 bridgehead atoms. The first kappa shape index (κ1) is 16.4. The van der Waals surface area contributed by atoms with Crippen LogP contribution in [0, 0.1) is 5.41 Å². The Morgan fingerprint density at radius 3 is 2.71 bits per heavy atom. The molecular formula is C17H19N5OS. The highest BCUT2D eigenvalue weighted by molar-refractivity contribution is 7.98. The first-order valence-electron chi connectivity index (χ1n) is 7.54. The van der Waals surface area contributed by atoms with E-state index in [2.05, 4.69) is 20.3 Å². The summed E-state index contributed by atoms with van der Waals surface area (Å²) >= 11 is 1.49. The molecule has 6 nitrogen and oxygen atoms in total. The fourth-order valence-electron chi connectivity index (χ4n) is 2.16. The number of aromatic nitrogens is 4. The minimum absolute atomic E-state index is 0.0262. The number of hydrogen-bond donors (Lipinski definition) is 1. The number of carbonyl (C=O) groups is 1. The van der Waals surface area contributed by atoms with Crippen molar-refractivity contribution in [3.63, 3.8) is 0 Å². The molecule has 1 amide bonds. The van der Waals surface area contributed by atoms with E-state index >= 15 is 0 Å². The molecule has 24 heavy (non-hydrogen) atoms. The lowest BCUT2D eigenvalue weighted by atomic mass is 9.95. The average Bonchev–Trinajstić information content (AvgIpc) is 2.97. The van der Waals surface area contributed by atoms with Gasteiger partial charge in [-0.2, -0.15) is 0 Å². The monoisotopic (exact) mass is 341 g/mol. The van der Waals surface area contributed by atoms with Crippen LogP contribution in [0.5, 0.6) is 0 Å². The molecule has 0 radical (unpaired) electrons. The number of nitrogens with zero attached hydrogens (tertiary/aromatic N) is 4. The summed E-state index contributed by atoms with van der Waals surface area (Å²) in [5.74, 6) is 0.741. The van der Waals surface area contributed by atoms with E-state index in [1.807, 2.05) is 55.9 Å². The van der Waals surface area contributed by atoms with Crippen LogP contribution in [0.4, 0.5) is 5.69 Å². The Labute approximate surface area is 144 Å². The van der Waals surface area contributed by atoms with Gasteiger partial charge in [-0.15, -0.1) is 0 Å². The lowest BCUT2D eigenvalue weighted by Crippen LogP contribution is -2.27. The molecule has 0 aliphatic carbocycles. The van der Waals surface area contributed by atoms with Gasteiger partial charge in [0.25, 0.3) is 0 Å². The highest BCUT2D eigenvalue weighted by Crippen LogP contribution is 2.23. The Kier molecular flexibility index (Phi) is 4.28. The number of hydrogen-bond acceptors (Lipinski definition) is 5. The molecule has 0 spiro atoms. The zero-order valence-corrected chi connectivity index (χ0v) is 14.9. The molecule has 1 N–H and O–H groups in total. The molecule has 0 fully saturated rings. The molecule has 3 aromatic rings. The Hall–Kier alpha value is -2.41. The Morgan fingerprint density at radius 1 is 1.21 bits per heavy atom. The molecule has 0 saturated heterocycles. The van der Waals surface area contributed by atoms with E-state index < -0.39 is 5.41 Å². The zero-order chi connectivity index (χ0) is 17.3. The van der Waals surface area contributed by atoms with Crippen LogP contribution in [-0.4, -0.2) is 31.7 Å². The molecule has 124 valence electrons. The van der Waals surface area contributed by atoms with E-state index in [9.17, 15) is 4.79 Å². The Balaban J connectivity index is 1.95. The molecular weight excluding hydrogens is 322 g/mol. The smallest absolute Gasteiger partial charge is 0.229 e. The fourth-order valence-corrected chi connectivity index (χ4v) is 2.51. The zero-order valence-electron chi connectivity index (χ0n) is 14.1. The van der Waals surface area contributed by atoms with Gasteiger partial charge in [0.05, 0.1) is 11.0 Å². The van der Waals surface area contributed by atoms with E-state index in [1.54, 1.807) is 12.5 Å². The maximum absolute atomic E-state index is 12.1. The van der Waals surface area contributed by atoms with Gasteiger partial charge in [-0.1, -0.05) is 32.5 Å². The third-order valence-corrected chi connectivity index (χ3v) is 4.10. The molecule has 0 aliphatic rings. The first-order chi connectivity index (χ1) is 11.4. The predicted molar refractivity (Wildman–Crippen MR) is 96.5 cm³/mol. The van der Waals surface area contributed by atoms with Crippen molar-refractivity contribution in [1.29, 1.82) is 0 Å². The second-order valence-electron chi connectivity index (χ2n) is 6.42. The van der Waals surface area contributed by atoms with Gasteiger partial charge < -0.3 is 5.32 Å². The van der Waals surface area contributed by atoms with Gasteiger partial charge in [0.15, 0.2) is 5.16 Å². The van der Waals surface area contributed by atoms with Crippen molar-refractivity contribution in [2.24, 2.45) is 5.41 Å². The summed E-state index contributed by atoms with van der Waals surface area (Å²) in [6.45, 7) is 5.65. The van der Waals surface area contributed by atoms with Crippen LogP contribution < -0.4 is 5.32 Å². The van der Waals surface area contributed by atoms with Gasteiger partial charge in [-0.05, 0) is 30.5 Å². The third kappa shape index (κ3) is 3.26. The maximum Gasteiger partial charge on any atom is 0.229 e. The van der Waals surface area contributed by atoms with Crippen LogP contribution >= 0.6 is 11.8 Å². The topological polar surface area (TPSA) is 72.7 Å². The molecule has 2 aromatic heterocycles. The average molecular weight is 341 g/mol. The summed E-state index contributed by atoms with van der Waals surface area (Å²) < 4.78 is 1.91. The van der Waals surface area contributed by atoms with Crippen molar-refractivity contribution in [3.8, 4) is 5.82 Å². The van der Waals surface area contributed by atoms with Crippen molar-refractivity contribution in [2.45, 2.75) is 25.9 Å². The quantitative estimate of drug-likeness (QED) is 0.583. The summed E-state index contributed by atoms with van der Waals surface area (Å²) in [7, 11) is 0. The van der Waals surface area contributed by atoms with Crippen molar-refractivity contribution >= 4 is 34.4 Å². The summed E-state index contributed by atoms with van der Waals surface area (Å²) in [6.07, 6.45) is 5.40. The van der Waals surface area contributed by atoms with Crippen molar-refractivity contribution in [3.05, 3.63) is 36.8 Å². The molecule has 0 aliphatic heterocycles. The summed E-state index contributed by atoms with van der Waals surface area (Å²) in [6, 6.07) is 7.52. The summed E-state index contributed by atoms with van der Waals surface area (Å²) in [4.78, 5) is 25.2. The molecule has 0 unspecified atom stereocenters. The van der Waals surface area contributed by atoms with Crippen LogP contribution in [0.25, 0.3) is 16.9 Å². The predicted octanol–water partition coefficient (Wildman–Crippen LogP) is 3.52. The lowest BCUT2D eigenvalue weighted by molar-refractivity contribution is -0.123.